The van der Waals surface area contributed by atoms with Crippen molar-refractivity contribution in [2.75, 3.05) is 13.2 Å². The van der Waals surface area contributed by atoms with Crippen molar-refractivity contribution in [3.63, 3.8) is 0 Å². The fourth-order valence-corrected chi connectivity index (χ4v) is 2.71. The number of alkyl halides is 2. The van der Waals surface area contributed by atoms with Gasteiger partial charge >= 0.3 is 0 Å². The highest BCUT2D eigenvalue weighted by Crippen LogP contribution is 2.33. The summed E-state index contributed by atoms with van der Waals surface area (Å²) in [6, 6.07) is 0. The summed E-state index contributed by atoms with van der Waals surface area (Å²) >= 11 is 12.6. The summed E-state index contributed by atoms with van der Waals surface area (Å²) in [7, 11) is 0. The zero-order valence-electron chi connectivity index (χ0n) is 12.8. The molecule has 0 aliphatic heterocycles. The first-order valence-corrected chi connectivity index (χ1v) is 8.77. The topological polar surface area (TPSA) is 26.3 Å². The van der Waals surface area contributed by atoms with Crippen LogP contribution in [0.15, 0.2) is 0 Å². The third-order valence-corrected chi connectivity index (χ3v) is 4.16. The summed E-state index contributed by atoms with van der Waals surface area (Å²) in [5.41, 5.74) is 0. The van der Waals surface area contributed by atoms with E-state index < -0.39 is 4.33 Å². The summed E-state index contributed by atoms with van der Waals surface area (Å²) < 4.78 is 4.73. The molecule has 0 rings (SSSR count). The van der Waals surface area contributed by atoms with Gasteiger partial charge in [-0.3, -0.25) is 0 Å². The van der Waals surface area contributed by atoms with Crippen LogP contribution in [0.1, 0.15) is 77.6 Å². The van der Waals surface area contributed by atoms with Gasteiger partial charge in [0.1, 0.15) is 10.6 Å². The molecule has 4 heteroatoms. The molecule has 0 saturated heterocycles. The zero-order valence-corrected chi connectivity index (χ0v) is 14.4. The Hall–Kier alpha value is 0.210. The number of carbonyl (C=O) groups is 1. The number of ether oxygens (including phenoxy) is 1. The number of hydrogen-bond acceptors (Lipinski definition) is 2. The average Bonchev–Trinajstić information content (AvgIpc) is 2.41. The minimum atomic E-state index is -0.577. The molecule has 0 aromatic rings. The number of aldehydes is 1. The highest BCUT2D eigenvalue weighted by molar-refractivity contribution is 6.48. The van der Waals surface area contributed by atoms with Crippen LogP contribution in [0.4, 0.5) is 0 Å². The minimum Gasteiger partial charge on any atom is -0.382 e. The van der Waals surface area contributed by atoms with E-state index in [0.29, 0.717) is 6.42 Å². The van der Waals surface area contributed by atoms with Gasteiger partial charge in [0.25, 0.3) is 0 Å². The molecule has 0 aliphatic carbocycles. The van der Waals surface area contributed by atoms with Crippen molar-refractivity contribution in [2.45, 2.75) is 81.9 Å². The summed E-state index contributed by atoms with van der Waals surface area (Å²) in [6.07, 6.45) is 12.2. The van der Waals surface area contributed by atoms with Gasteiger partial charge in [0.15, 0.2) is 0 Å². The van der Waals surface area contributed by atoms with Crippen LogP contribution in [0.25, 0.3) is 0 Å². The van der Waals surface area contributed by atoms with Gasteiger partial charge in [-0.2, -0.15) is 0 Å². The van der Waals surface area contributed by atoms with Gasteiger partial charge in [-0.1, -0.05) is 38.5 Å². The van der Waals surface area contributed by atoms with Gasteiger partial charge < -0.3 is 9.53 Å². The molecular weight excluding hydrogens is 295 g/mol. The molecule has 0 unspecified atom stereocenters. The quantitative estimate of drug-likeness (QED) is 0.220. The largest absolute Gasteiger partial charge is 0.382 e. The van der Waals surface area contributed by atoms with E-state index in [4.69, 9.17) is 27.9 Å². The Labute approximate surface area is 134 Å². The zero-order chi connectivity index (χ0) is 15.1. The summed E-state index contributed by atoms with van der Waals surface area (Å²) in [5.74, 6) is 0. The molecule has 0 aliphatic rings. The lowest BCUT2D eigenvalue weighted by Crippen LogP contribution is -2.12. The third kappa shape index (κ3) is 14.6. The van der Waals surface area contributed by atoms with Crippen molar-refractivity contribution >= 4 is 29.5 Å². The first-order chi connectivity index (χ1) is 9.62. The van der Waals surface area contributed by atoms with Crippen LogP contribution < -0.4 is 0 Å². The molecule has 0 fully saturated rings. The first-order valence-electron chi connectivity index (χ1n) is 8.01. The molecule has 2 nitrogen and oxygen atoms in total. The summed E-state index contributed by atoms with van der Waals surface area (Å²) in [5, 5.41) is 0. The number of rotatable bonds is 15. The lowest BCUT2D eigenvalue weighted by molar-refractivity contribution is -0.107. The van der Waals surface area contributed by atoms with Crippen LogP contribution in [0.3, 0.4) is 0 Å². The van der Waals surface area contributed by atoms with Crippen LogP contribution in [0.2, 0.25) is 0 Å². The maximum Gasteiger partial charge on any atom is 0.119 e. The lowest BCUT2D eigenvalue weighted by Gasteiger charge is -2.19. The van der Waals surface area contributed by atoms with E-state index in [-0.39, 0.29) is 0 Å². The van der Waals surface area contributed by atoms with E-state index in [1.165, 1.54) is 19.3 Å². The molecule has 0 heterocycles. The van der Waals surface area contributed by atoms with Crippen molar-refractivity contribution in [3.8, 4) is 0 Å². The van der Waals surface area contributed by atoms with Crippen LogP contribution in [0.5, 0.6) is 0 Å². The van der Waals surface area contributed by atoms with Gasteiger partial charge in [-0.05, 0) is 32.6 Å². The van der Waals surface area contributed by atoms with Gasteiger partial charge in [-0.15, -0.1) is 23.2 Å². The molecule has 0 radical (unpaired) electrons. The number of hydrogen-bond donors (Lipinski definition) is 0. The predicted molar refractivity (Wildman–Crippen MR) is 87.8 cm³/mol. The van der Waals surface area contributed by atoms with Gasteiger partial charge in [0.05, 0.1) is 0 Å². The van der Waals surface area contributed by atoms with Crippen LogP contribution >= 0.6 is 23.2 Å². The molecule has 0 spiro atoms. The maximum atomic E-state index is 10.2. The van der Waals surface area contributed by atoms with Crippen LogP contribution in [0, 0.1) is 0 Å². The molecule has 0 aromatic carbocycles. The number of unbranched alkanes of at least 4 members (excludes halogenated alkanes) is 7. The van der Waals surface area contributed by atoms with E-state index in [2.05, 4.69) is 0 Å². The molecule has 0 bridgehead atoms. The summed E-state index contributed by atoms with van der Waals surface area (Å²) in [4.78, 5) is 10.2. The molecule has 0 N–H and O–H groups in total. The van der Waals surface area contributed by atoms with E-state index in [1.807, 2.05) is 6.92 Å². The highest BCUT2D eigenvalue weighted by atomic mass is 35.5. The molecule has 0 saturated carbocycles. The van der Waals surface area contributed by atoms with Crippen LogP contribution in [-0.4, -0.2) is 23.8 Å². The minimum absolute atomic E-state index is 0.577. The molecule has 0 amide bonds. The Kier molecular flexibility index (Phi) is 14.3. The van der Waals surface area contributed by atoms with Gasteiger partial charge in [-0.25, -0.2) is 0 Å². The second-order valence-corrected chi connectivity index (χ2v) is 6.98. The predicted octanol–water partition coefficient (Wildman–Crippen LogP) is 5.69. The Morgan fingerprint density at radius 3 is 2.05 bits per heavy atom. The second-order valence-electron chi connectivity index (χ2n) is 5.34. The average molecular weight is 325 g/mol. The third-order valence-electron chi connectivity index (χ3n) is 3.40. The van der Waals surface area contributed by atoms with E-state index in [9.17, 15) is 4.79 Å². The normalized spacial score (nSPS) is 11.8. The van der Waals surface area contributed by atoms with Crippen molar-refractivity contribution in [3.05, 3.63) is 0 Å². The lowest BCUT2D eigenvalue weighted by atomic mass is 10.0. The number of halogens is 2. The van der Waals surface area contributed by atoms with E-state index >= 15 is 0 Å². The Morgan fingerprint density at radius 2 is 1.45 bits per heavy atom. The van der Waals surface area contributed by atoms with Gasteiger partial charge in [0, 0.05) is 19.6 Å². The number of carbonyl (C=O) groups excluding carboxylic acids is 1. The van der Waals surface area contributed by atoms with Crippen molar-refractivity contribution in [2.24, 2.45) is 0 Å². The fourth-order valence-electron chi connectivity index (χ4n) is 2.18. The van der Waals surface area contributed by atoms with E-state index in [1.54, 1.807) is 0 Å². The van der Waals surface area contributed by atoms with E-state index in [0.717, 1.165) is 64.4 Å². The van der Waals surface area contributed by atoms with Crippen LogP contribution in [-0.2, 0) is 9.53 Å². The molecule has 0 aromatic heterocycles. The Bertz CT molecular complexity index is 221. The smallest absolute Gasteiger partial charge is 0.119 e. The SMILES string of the molecule is CCOCCCCCCCC(Cl)(Cl)CCCCCC=O. The first kappa shape index (κ1) is 20.2. The highest BCUT2D eigenvalue weighted by Gasteiger charge is 2.22. The molecule has 120 valence electrons. The Balaban J connectivity index is 3.35. The monoisotopic (exact) mass is 324 g/mol. The van der Waals surface area contributed by atoms with Crippen molar-refractivity contribution in [1.82, 2.24) is 0 Å². The maximum absolute atomic E-state index is 10.2. The second kappa shape index (κ2) is 14.2. The molecule has 20 heavy (non-hydrogen) atoms. The molecular formula is C16H30Cl2O2. The Morgan fingerprint density at radius 1 is 0.900 bits per heavy atom. The molecule has 0 atom stereocenters. The standard InChI is InChI=1S/C16H30Cl2O2/c1-2-20-15-11-7-3-4-8-12-16(17,18)13-9-5-6-10-14-19/h14H,2-13,15H2,1H3. The fraction of sp³-hybridized carbons (Fsp3) is 0.938. The van der Waals surface area contributed by atoms with Crippen molar-refractivity contribution < 1.29 is 9.53 Å². The van der Waals surface area contributed by atoms with Crippen molar-refractivity contribution in [1.29, 1.82) is 0 Å². The summed E-state index contributed by atoms with van der Waals surface area (Å²) in [6.45, 7) is 3.72. The van der Waals surface area contributed by atoms with Gasteiger partial charge in [0.2, 0.25) is 0 Å².